The summed E-state index contributed by atoms with van der Waals surface area (Å²) in [6, 6.07) is 13.9. The van der Waals surface area contributed by atoms with Gasteiger partial charge in [0, 0.05) is 10.4 Å². The predicted octanol–water partition coefficient (Wildman–Crippen LogP) is 2.73. The average Bonchev–Trinajstić information content (AvgIpc) is 2.60. The van der Waals surface area contributed by atoms with Crippen LogP contribution < -0.4 is 11.0 Å². The van der Waals surface area contributed by atoms with E-state index in [9.17, 15) is 9.59 Å². The van der Waals surface area contributed by atoms with Crippen molar-refractivity contribution in [1.29, 1.82) is 0 Å². The molecule has 3 rings (SSSR count). The molecular weight excluding hydrogens is 328 g/mol. The molecule has 0 radical (unpaired) electrons. The number of hydrazone groups is 1. The van der Waals surface area contributed by atoms with E-state index in [4.69, 9.17) is 11.6 Å². The Morgan fingerprint density at radius 1 is 1.17 bits per heavy atom. The summed E-state index contributed by atoms with van der Waals surface area (Å²) in [6.07, 6.45) is 0. The number of nitrogens with zero attached hydrogens (tertiary/aromatic N) is 2. The first kappa shape index (κ1) is 15.9. The third-order valence-corrected chi connectivity index (χ3v) is 3.71. The molecule has 3 aromatic rings. The van der Waals surface area contributed by atoms with Gasteiger partial charge in [0.1, 0.15) is 0 Å². The van der Waals surface area contributed by atoms with Crippen molar-refractivity contribution in [2.45, 2.75) is 6.92 Å². The summed E-state index contributed by atoms with van der Waals surface area (Å²) in [4.78, 5) is 24.1. The lowest BCUT2D eigenvalue weighted by Gasteiger charge is -2.05. The Hall–Kier alpha value is -2.99. The summed E-state index contributed by atoms with van der Waals surface area (Å²) in [5, 5.41) is 11.7. The maximum Gasteiger partial charge on any atom is 0.292 e. The monoisotopic (exact) mass is 340 g/mol. The number of aromatic nitrogens is 2. The van der Waals surface area contributed by atoms with Crippen molar-refractivity contribution >= 4 is 34.0 Å². The number of rotatable bonds is 3. The third kappa shape index (κ3) is 3.18. The molecular formula is C17H13ClN4O2. The van der Waals surface area contributed by atoms with Gasteiger partial charge in [0.2, 0.25) is 0 Å². The van der Waals surface area contributed by atoms with Crippen LogP contribution in [-0.2, 0) is 0 Å². The number of aromatic amines is 1. The van der Waals surface area contributed by atoms with Gasteiger partial charge >= 0.3 is 0 Å². The van der Waals surface area contributed by atoms with E-state index >= 15 is 0 Å². The predicted molar refractivity (Wildman–Crippen MR) is 93.5 cm³/mol. The fraction of sp³-hybridized carbons (Fsp3) is 0.0588. The minimum Gasteiger partial charge on any atom is -0.267 e. The topological polar surface area (TPSA) is 87.2 Å². The highest BCUT2D eigenvalue weighted by molar-refractivity contribution is 6.31. The standard InChI is InChI=1S/C17H13ClN4O2/c1-10(11-5-4-6-12(18)9-11)19-22-17(24)15-13-7-2-3-8-14(13)16(23)21-20-15/h2-9H,1H3,(H,21,23)(H,22,24)/b19-10+. The van der Waals surface area contributed by atoms with Crippen LogP contribution in [0.15, 0.2) is 58.4 Å². The van der Waals surface area contributed by atoms with E-state index in [-0.39, 0.29) is 11.3 Å². The molecule has 0 unspecified atom stereocenters. The minimum absolute atomic E-state index is 0.104. The molecule has 0 aliphatic heterocycles. The third-order valence-electron chi connectivity index (χ3n) is 3.48. The summed E-state index contributed by atoms with van der Waals surface area (Å²) in [7, 11) is 0. The molecule has 0 saturated heterocycles. The van der Waals surface area contributed by atoms with Crippen LogP contribution in [0.25, 0.3) is 10.8 Å². The van der Waals surface area contributed by atoms with Crippen LogP contribution in [0, 0.1) is 0 Å². The fourth-order valence-electron chi connectivity index (χ4n) is 2.25. The summed E-state index contributed by atoms with van der Waals surface area (Å²) in [6.45, 7) is 1.75. The molecule has 1 amide bonds. The number of hydrogen-bond donors (Lipinski definition) is 2. The zero-order valence-corrected chi connectivity index (χ0v) is 13.5. The molecule has 1 heterocycles. The van der Waals surface area contributed by atoms with Crippen LogP contribution in [0.2, 0.25) is 5.02 Å². The van der Waals surface area contributed by atoms with E-state index in [1.165, 1.54) is 0 Å². The van der Waals surface area contributed by atoms with Gasteiger partial charge in [0.15, 0.2) is 5.69 Å². The maximum atomic E-state index is 12.3. The van der Waals surface area contributed by atoms with E-state index in [2.05, 4.69) is 20.7 Å². The summed E-state index contributed by atoms with van der Waals surface area (Å²) in [5.74, 6) is -0.510. The number of halogens is 1. The molecule has 24 heavy (non-hydrogen) atoms. The number of carbonyl (C=O) groups is 1. The van der Waals surface area contributed by atoms with E-state index in [0.29, 0.717) is 21.5 Å². The van der Waals surface area contributed by atoms with Crippen LogP contribution in [0.4, 0.5) is 0 Å². The lowest BCUT2D eigenvalue weighted by Crippen LogP contribution is -2.23. The maximum absolute atomic E-state index is 12.3. The summed E-state index contributed by atoms with van der Waals surface area (Å²) in [5.41, 5.74) is 3.60. The average molecular weight is 341 g/mol. The first-order valence-corrected chi connectivity index (χ1v) is 7.52. The summed E-state index contributed by atoms with van der Waals surface area (Å²) >= 11 is 5.94. The first-order chi connectivity index (χ1) is 11.6. The number of benzene rings is 2. The largest absolute Gasteiger partial charge is 0.292 e. The second-order valence-corrected chi connectivity index (χ2v) is 5.53. The van der Waals surface area contributed by atoms with Crippen LogP contribution in [0.5, 0.6) is 0 Å². The molecule has 7 heteroatoms. The van der Waals surface area contributed by atoms with Crippen molar-refractivity contribution in [3.63, 3.8) is 0 Å². The van der Waals surface area contributed by atoms with Crippen LogP contribution in [-0.4, -0.2) is 21.8 Å². The van der Waals surface area contributed by atoms with E-state index < -0.39 is 5.91 Å². The van der Waals surface area contributed by atoms with Crippen LogP contribution in [0.1, 0.15) is 23.0 Å². The zero-order chi connectivity index (χ0) is 17.1. The van der Waals surface area contributed by atoms with E-state index in [0.717, 1.165) is 5.56 Å². The van der Waals surface area contributed by atoms with Crippen molar-refractivity contribution in [2.24, 2.45) is 5.10 Å². The molecule has 0 spiro atoms. The first-order valence-electron chi connectivity index (χ1n) is 7.14. The molecule has 0 atom stereocenters. The van der Waals surface area contributed by atoms with Gasteiger partial charge in [-0.1, -0.05) is 41.9 Å². The van der Waals surface area contributed by atoms with Crippen LogP contribution >= 0.6 is 11.6 Å². The van der Waals surface area contributed by atoms with E-state index in [1.807, 2.05) is 6.07 Å². The summed E-state index contributed by atoms with van der Waals surface area (Å²) < 4.78 is 0. The van der Waals surface area contributed by atoms with Crippen molar-refractivity contribution in [2.75, 3.05) is 0 Å². The fourth-order valence-corrected chi connectivity index (χ4v) is 2.44. The van der Waals surface area contributed by atoms with Gasteiger partial charge in [-0.05, 0) is 30.7 Å². The molecule has 2 aromatic carbocycles. The molecule has 0 aliphatic carbocycles. The van der Waals surface area contributed by atoms with Crippen LogP contribution in [0.3, 0.4) is 0 Å². The highest BCUT2D eigenvalue weighted by atomic mass is 35.5. The highest BCUT2D eigenvalue weighted by Gasteiger charge is 2.13. The second-order valence-electron chi connectivity index (χ2n) is 5.10. The number of hydrogen-bond acceptors (Lipinski definition) is 4. The molecule has 1 aromatic heterocycles. The normalized spacial score (nSPS) is 11.5. The number of fused-ring (bicyclic) bond motifs is 1. The Morgan fingerprint density at radius 2 is 1.92 bits per heavy atom. The van der Waals surface area contributed by atoms with E-state index in [1.54, 1.807) is 49.4 Å². The molecule has 0 bridgehead atoms. The molecule has 120 valence electrons. The quantitative estimate of drug-likeness (QED) is 0.567. The van der Waals surface area contributed by atoms with Gasteiger partial charge in [-0.3, -0.25) is 9.59 Å². The van der Waals surface area contributed by atoms with Gasteiger partial charge in [0.25, 0.3) is 11.5 Å². The van der Waals surface area contributed by atoms with Gasteiger partial charge in [0.05, 0.1) is 11.1 Å². The lowest BCUT2D eigenvalue weighted by atomic mass is 10.1. The molecule has 0 aliphatic rings. The SMILES string of the molecule is C/C(=N\NC(=O)c1n[nH]c(=O)c2ccccc12)c1cccc(Cl)c1. The van der Waals surface area contributed by atoms with Crippen molar-refractivity contribution in [3.8, 4) is 0 Å². The van der Waals surface area contributed by atoms with Crippen molar-refractivity contribution < 1.29 is 4.79 Å². The Morgan fingerprint density at radius 3 is 2.67 bits per heavy atom. The Bertz CT molecular complexity index is 1010. The number of H-pyrrole nitrogens is 1. The lowest BCUT2D eigenvalue weighted by molar-refractivity contribution is 0.0950. The zero-order valence-electron chi connectivity index (χ0n) is 12.7. The molecule has 2 N–H and O–H groups in total. The van der Waals surface area contributed by atoms with Gasteiger partial charge < -0.3 is 0 Å². The molecule has 0 fully saturated rings. The molecule has 6 nitrogen and oxygen atoms in total. The second kappa shape index (κ2) is 6.64. The number of nitrogens with one attached hydrogen (secondary N) is 2. The Labute approximate surface area is 142 Å². The molecule has 0 saturated carbocycles. The number of amides is 1. The Kier molecular flexibility index (Phi) is 4.39. The van der Waals surface area contributed by atoms with Crippen molar-refractivity contribution in [1.82, 2.24) is 15.6 Å². The smallest absolute Gasteiger partial charge is 0.267 e. The highest BCUT2D eigenvalue weighted by Crippen LogP contribution is 2.13. The van der Waals surface area contributed by atoms with Gasteiger partial charge in [-0.25, -0.2) is 10.5 Å². The number of carbonyl (C=O) groups excluding carboxylic acids is 1. The van der Waals surface area contributed by atoms with Gasteiger partial charge in [-0.15, -0.1) is 0 Å². The Balaban J connectivity index is 1.90. The minimum atomic E-state index is -0.510. The van der Waals surface area contributed by atoms with Gasteiger partial charge in [-0.2, -0.15) is 10.2 Å². The van der Waals surface area contributed by atoms with Crippen molar-refractivity contribution in [3.05, 3.63) is 75.2 Å².